The summed E-state index contributed by atoms with van der Waals surface area (Å²) < 4.78 is 0. The van der Waals surface area contributed by atoms with Gasteiger partial charge >= 0.3 is 0 Å². The van der Waals surface area contributed by atoms with Gasteiger partial charge in [-0.1, -0.05) is 50.7 Å². The summed E-state index contributed by atoms with van der Waals surface area (Å²) >= 11 is 0. The summed E-state index contributed by atoms with van der Waals surface area (Å²) in [5.41, 5.74) is 3.56. The Morgan fingerprint density at radius 2 is 1.96 bits per heavy atom. The highest BCUT2D eigenvalue weighted by Gasteiger charge is 2.11. The van der Waals surface area contributed by atoms with Gasteiger partial charge in [0.15, 0.2) is 0 Å². The maximum absolute atomic E-state index is 5.29. The van der Waals surface area contributed by atoms with Crippen molar-refractivity contribution in [2.45, 2.75) is 40.0 Å². The van der Waals surface area contributed by atoms with E-state index in [9.17, 15) is 0 Å². The molecular weight excluding hydrogens is 304 g/mol. The molecule has 0 aromatic carbocycles. The van der Waals surface area contributed by atoms with Crippen molar-refractivity contribution in [1.29, 1.82) is 0 Å². The summed E-state index contributed by atoms with van der Waals surface area (Å²) in [6, 6.07) is 0. The van der Waals surface area contributed by atoms with E-state index in [4.69, 9.17) is 6.42 Å². The van der Waals surface area contributed by atoms with Crippen molar-refractivity contribution in [1.82, 2.24) is 9.80 Å². The average molecular weight is 339 g/mol. The van der Waals surface area contributed by atoms with E-state index in [1.165, 1.54) is 37.1 Å². The van der Waals surface area contributed by atoms with Crippen LogP contribution in [-0.2, 0) is 0 Å². The van der Waals surface area contributed by atoms with Crippen LogP contribution in [0, 0.1) is 12.3 Å². The Balaban J connectivity index is 2.73. The first-order valence-corrected chi connectivity index (χ1v) is 9.45. The van der Waals surface area contributed by atoms with E-state index in [0.29, 0.717) is 0 Å². The lowest BCUT2D eigenvalue weighted by molar-refractivity contribution is 0.254. The molecule has 0 radical (unpaired) electrons. The molecular formula is C23H34N2. The molecule has 25 heavy (non-hydrogen) atoms. The van der Waals surface area contributed by atoms with Crippen molar-refractivity contribution in [3.8, 4) is 12.3 Å². The van der Waals surface area contributed by atoms with E-state index in [-0.39, 0.29) is 0 Å². The molecule has 0 aliphatic carbocycles. The zero-order valence-electron chi connectivity index (χ0n) is 16.3. The molecule has 2 heteroatoms. The highest BCUT2D eigenvalue weighted by atomic mass is 15.1. The minimum absolute atomic E-state index is 0.871. The standard InChI is InChI=1S/C23H34N2/c1-6-9-10-12-23-14-13-21(4)19-22(5)25(20-23)18-11-17-24(15-7-2)16-8-3/h1,9-10,12-14,19H,5,7-8,11,15-18,20H2,2-4H3/b10-9-,14-13-,21-19-,23-12-. The first-order valence-electron chi connectivity index (χ1n) is 9.45. The molecule has 136 valence electrons. The first-order chi connectivity index (χ1) is 12.1. The molecule has 1 aliphatic heterocycles. The zero-order chi connectivity index (χ0) is 18.5. The Hall–Kier alpha value is -1.98. The van der Waals surface area contributed by atoms with Crippen LogP contribution in [0.5, 0.6) is 0 Å². The Bertz CT molecular complexity index is 563. The van der Waals surface area contributed by atoms with Gasteiger partial charge in [-0.05, 0) is 69.1 Å². The summed E-state index contributed by atoms with van der Waals surface area (Å²) in [5.74, 6) is 2.54. The Kier molecular flexibility index (Phi) is 10.4. The number of hydrogen-bond acceptors (Lipinski definition) is 2. The monoisotopic (exact) mass is 338 g/mol. The molecule has 0 fully saturated rings. The van der Waals surface area contributed by atoms with Crippen molar-refractivity contribution < 1.29 is 0 Å². The van der Waals surface area contributed by atoms with E-state index in [1.54, 1.807) is 6.08 Å². The molecule has 1 aliphatic rings. The van der Waals surface area contributed by atoms with Crippen molar-refractivity contribution in [2.24, 2.45) is 0 Å². The van der Waals surface area contributed by atoms with E-state index in [2.05, 4.69) is 67.4 Å². The molecule has 0 aromatic rings. The molecule has 0 N–H and O–H groups in total. The van der Waals surface area contributed by atoms with Gasteiger partial charge < -0.3 is 9.80 Å². The van der Waals surface area contributed by atoms with Gasteiger partial charge in [0.25, 0.3) is 0 Å². The van der Waals surface area contributed by atoms with Gasteiger partial charge in [-0.25, -0.2) is 0 Å². The van der Waals surface area contributed by atoms with Crippen molar-refractivity contribution in [2.75, 3.05) is 32.7 Å². The average Bonchev–Trinajstić information content (AvgIpc) is 2.57. The van der Waals surface area contributed by atoms with E-state index >= 15 is 0 Å². The predicted octanol–water partition coefficient (Wildman–Crippen LogP) is 4.95. The summed E-state index contributed by atoms with van der Waals surface area (Å²) in [6.45, 7) is 16.3. The SMILES string of the molecule is C#C\C=C/C=C1/C=C\C(C)=C/C(=C)N(CCCN(CCC)CCC)C1. The topological polar surface area (TPSA) is 6.48 Å². The van der Waals surface area contributed by atoms with Crippen LogP contribution in [0.2, 0.25) is 0 Å². The van der Waals surface area contributed by atoms with Crippen LogP contribution in [0.3, 0.4) is 0 Å². The van der Waals surface area contributed by atoms with Crippen molar-refractivity contribution in [3.63, 3.8) is 0 Å². The van der Waals surface area contributed by atoms with E-state index < -0.39 is 0 Å². The second kappa shape index (κ2) is 12.4. The van der Waals surface area contributed by atoms with Crippen LogP contribution in [0.1, 0.15) is 40.0 Å². The van der Waals surface area contributed by atoms with E-state index in [0.717, 1.165) is 31.8 Å². The van der Waals surface area contributed by atoms with Gasteiger partial charge in [-0.15, -0.1) is 6.42 Å². The summed E-state index contributed by atoms with van der Waals surface area (Å²) in [6.07, 6.45) is 21.1. The largest absolute Gasteiger partial charge is 0.368 e. The summed E-state index contributed by atoms with van der Waals surface area (Å²) in [4.78, 5) is 4.94. The fourth-order valence-corrected chi connectivity index (χ4v) is 3.03. The second-order valence-electron chi connectivity index (χ2n) is 6.60. The van der Waals surface area contributed by atoms with Crippen LogP contribution in [0.25, 0.3) is 0 Å². The summed E-state index contributed by atoms with van der Waals surface area (Å²) in [7, 11) is 0. The predicted molar refractivity (Wildman–Crippen MR) is 111 cm³/mol. The maximum Gasteiger partial charge on any atom is 0.0429 e. The van der Waals surface area contributed by atoms with Gasteiger partial charge in [0.05, 0.1) is 0 Å². The van der Waals surface area contributed by atoms with Gasteiger partial charge in [0, 0.05) is 18.8 Å². The molecule has 0 saturated carbocycles. The minimum Gasteiger partial charge on any atom is -0.368 e. The maximum atomic E-state index is 5.29. The quantitative estimate of drug-likeness (QED) is 0.549. The lowest BCUT2D eigenvalue weighted by Crippen LogP contribution is -2.31. The fraction of sp³-hybridized carbons (Fsp3) is 0.478. The number of terminal acetylenes is 1. The molecule has 0 amide bonds. The third-order valence-electron chi connectivity index (χ3n) is 4.22. The third-order valence-corrected chi connectivity index (χ3v) is 4.22. The molecule has 0 atom stereocenters. The molecule has 0 saturated heterocycles. The molecule has 0 aromatic heterocycles. The molecule has 1 heterocycles. The normalized spacial score (nSPS) is 20.4. The minimum atomic E-state index is 0.871. The molecule has 0 bridgehead atoms. The number of hydrogen-bond donors (Lipinski definition) is 0. The highest BCUT2D eigenvalue weighted by Crippen LogP contribution is 2.16. The number of allylic oxidation sites excluding steroid dienone is 6. The molecule has 0 unspecified atom stereocenters. The zero-order valence-corrected chi connectivity index (χ0v) is 16.3. The summed E-state index contributed by atoms with van der Waals surface area (Å²) in [5, 5.41) is 0. The highest BCUT2D eigenvalue weighted by molar-refractivity contribution is 5.37. The number of rotatable bonds is 9. The van der Waals surface area contributed by atoms with Crippen LogP contribution in [0.15, 0.2) is 59.9 Å². The van der Waals surface area contributed by atoms with E-state index in [1.807, 2.05) is 6.08 Å². The van der Waals surface area contributed by atoms with Gasteiger partial charge in [-0.3, -0.25) is 0 Å². The number of nitrogens with zero attached hydrogens (tertiary/aromatic N) is 2. The lowest BCUT2D eigenvalue weighted by Gasteiger charge is -2.29. The molecule has 1 rings (SSSR count). The van der Waals surface area contributed by atoms with Crippen molar-refractivity contribution >= 4 is 0 Å². The fourth-order valence-electron chi connectivity index (χ4n) is 3.03. The van der Waals surface area contributed by atoms with Gasteiger partial charge in [-0.2, -0.15) is 0 Å². The Morgan fingerprint density at radius 3 is 2.60 bits per heavy atom. The van der Waals surface area contributed by atoms with Crippen LogP contribution in [0.4, 0.5) is 0 Å². The van der Waals surface area contributed by atoms with Crippen molar-refractivity contribution in [3.05, 3.63) is 59.9 Å². The third kappa shape index (κ3) is 8.61. The van der Waals surface area contributed by atoms with Gasteiger partial charge in [0.1, 0.15) is 0 Å². The van der Waals surface area contributed by atoms with Gasteiger partial charge in [0.2, 0.25) is 0 Å². The van der Waals surface area contributed by atoms with Crippen LogP contribution >= 0.6 is 0 Å². The first kappa shape index (κ1) is 21.1. The smallest absolute Gasteiger partial charge is 0.0429 e. The van der Waals surface area contributed by atoms with Crippen LogP contribution in [-0.4, -0.2) is 42.5 Å². The Labute approximate surface area is 155 Å². The second-order valence-corrected chi connectivity index (χ2v) is 6.60. The van der Waals surface area contributed by atoms with Crippen LogP contribution < -0.4 is 0 Å². The molecule has 0 spiro atoms. The lowest BCUT2D eigenvalue weighted by atomic mass is 10.1. The Morgan fingerprint density at radius 1 is 1.24 bits per heavy atom. The molecule has 2 nitrogen and oxygen atoms in total.